The molecule has 3 rings (SSSR count). The minimum absolute atomic E-state index is 0.317. The van der Waals surface area contributed by atoms with Gasteiger partial charge in [-0.15, -0.1) is 0 Å². The Morgan fingerprint density at radius 1 is 1.11 bits per heavy atom. The molecule has 3 fully saturated rings. The first-order chi connectivity index (χ1) is 9.19. The van der Waals surface area contributed by atoms with Crippen LogP contribution >= 0.6 is 0 Å². The van der Waals surface area contributed by atoms with Gasteiger partial charge in [-0.1, -0.05) is 13.3 Å². The number of hydrogen-bond acceptors (Lipinski definition) is 2. The van der Waals surface area contributed by atoms with Gasteiger partial charge in [-0.25, -0.2) is 0 Å². The largest absolute Gasteiger partial charge is 0.342 e. The van der Waals surface area contributed by atoms with Crippen LogP contribution in [0.1, 0.15) is 51.9 Å². The van der Waals surface area contributed by atoms with E-state index in [9.17, 15) is 4.79 Å². The average molecular weight is 264 g/mol. The van der Waals surface area contributed by atoms with E-state index in [1.54, 1.807) is 0 Å². The topological polar surface area (TPSA) is 46.3 Å². The second kappa shape index (κ2) is 5.43. The molecule has 0 bridgehead atoms. The van der Waals surface area contributed by atoms with E-state index in [1.165, 1.54) is 32.1 Å². The molecule has 0 aromatic rings. The summed E-state index contributed by atoms with van der Waals surface area (Å²) in [5, 5.41) is 0. The molecule has 0 spiro atoms. The normalized spacial score (nSPS) is 42.4. The molecule has 19 heavy (non-hydrogen) atoms. The summed E-state index contributed by atoms with van der Waals surface area (Å²) in [5.74, 6) is 2.92. The number of rotatable bonds is 2. The van der Waals surface area contributed by atoms with Gasteiger partial charge in [0.2, 0.25) is 5.91 Å². The maximum Gasteiger partial charge on any atom is 0.225 e. The molecule has 1 aliphatic heterocycles. The molecule has 0 aromatic carbocycles. The highest BCUT2D eigenvalue weighted by molar-refractivity contribution is 5.79. The van der Waals surface area contributed by atoms with E-state index in [1.807, 2.05) is 0 Å². The van der Waals surface area contributed by atoms with Crippen molar-refractivity contribution in [3.05, 3.63) is 0 Å². The lowest BCUT2D eigenvalue weighted by molar-refractivity contribution is -0.136. The third-order valence-electron chi connectivity index (χ3n) is 6.00. The molecular weight excluding hydrogens is 236 g/mol. The molecule has 3 unspecified atom stereocenters. The number of likely N-dealkylation sites (tertiary alicyclic amines) is 1. The molecule has 3 aliphatic rings. The molecule has 0 radical (unpaired) electrons. The molecule has 2 aliphatic carbocycles. The Balaban J connectivity index is 1.54. The van der Waals surface area contributed by atoms with E-state index < -0.39 is 0 Å². The zero-order valence-corrected chi connectivity index (χ0v) is 12.2. The number of nitrogens with two attached hydrogens (primary N) is 1. The van der Waals surface area contributed by atoms with Crippen LogP contribution in [0.4, 0.5) is 0 Å². The first-order valence-corrected chi connectivity index (χ1v) is 8.23. The zero-order valence-electron chi connectivity index (χ0n) is 12.2. The third kappa shape index (κ3) is 2.54. The third-order valence-corrected chi connectivity index (χ3v) is 6.00. The fourth-order valence-corrected chi connectivity index (χ4v) is 4.56. The van der Waals surface area contributed by atoms with Gasteiger partial charge >= 0.3 is 0 Å². The first kappa shape index (κ1) is 13.4. The number of nitrogens with zero attached hydrogens (tertiary/aromatic N) is 1. The van der Waals surface area contributed by atoms with Crippen molar-refractivity contribution in [2.24, 2.45) is 29.4 Å². The highest BCUT2D eigenvalue weighted by Crippen LogP contribution is 2.39. The van der Waals surface area contributed by atoms with Crippen LogP contribution in [0.25, 0.3) is 0 Å². The molecule has 1 amide bonds. The lowest BCUT2D eigenvalue weighted by Gasteiger charge is -2.30. The van der Waals surface area contributed by atoms with Gasteiger partial charge in [0, 0.05) is 25.0 Å². The van der Waals surface area contributed by atoms with Crippen LogP contribution in [0, 0.1) is 23.7 Å². The molecule has 0 aromatic heterocycles. The van der Waals surface area contributed by atoms with Crippen LogP contribution in [0.5, 0.6) is 0 Å². The quantitative estimate of drug-likeness (QED) is 0.832. The molecule has 108 valence electrons. The molecule has 3 nitrogen and oxygen atoms in total. The minimum atomic E-state index is 0.317. The molecule has 3 heteroatoms. The Hall–Kier alpha value is -0.570. The number of hydrogen-bond donors (Lipinski definition) is 1. The monoisotopic (exact) mass is 264 g/mol. The van der Waals surface area contributed by atoms with Gasteiger partial charge in [-0.05, 0) is 56.3 Å². The van der Waals surface area contributed by atoms with Gasteiger partial charge < -0.3 is 10.6 Å². The summed E-state index contributed by atoms with van der Waals surface area (Å²) in [5.41, 5.74) is 6.16. The summed E-state index contributed by atoms with van der Waals surface area (Å²) in [4.78, 5) is 14.8. The molecule has 1 saturated heterocycles. The predicted molar refractivity (Wildman–Crippen MR) is 76.5 cm³/mol. The number of fused-ring (bicyclic) bond motifs is 1. The van der Waals surface area contributed by atoms with Crippen LogP contribution in [0.3, 0.4) is 0 Å². The summed E-state index contributed by atoms with van der Waals surface area (Å²) in [6, 6.07) is 0.346. The van der Waals surface area contributed by atoms with Crippen molar-refractivity contribution in [3.63, 3.8) is 0 Å². The van der Waals surface area contributed by atoms with Gasteiger partial charge in [0.15, 0.2) is 0 Å². The Morgan fingerprint density at radius 3 is 2.47 bits per heavy atom. The van der Waals surface area contributed by atoms with E-state index in [4.69, 9.17) is 5.73 Å². The van der Waals surface area contributed by atoms with Crippen LogP contribution in [-0.2, 0) is 4.79 Å². The van der Waals surface area contributed by atoms with Gasteiger partial charge in [0.05, 0.1) is 0 Å². The van der Waals surface area contributed by atoms with Gasteiger partial charge in [0.25, 0.3) is 0 Å². The summed E-state index contributed by atoms with van der Waals surface area (Å²) >= 11 is 0. The Kier molecular flexibility index (Phi) is 3.84. The fourth-order valence-electron chi connectivity index (χ4n) is 4.56. The van der Waals surface area contributed by atoms with Gasteiger partial charge in [-0.2, -0.15) is 0 Å². The Morgan fingerprint density at radius 2 is 1.84 bits per heavy atom. The minimum Gasteiger partial charge on any atom is -0.342 e. The van der Waals surface area contributed by atoms with E-state index in [-0.39, 0.29) is 0 Å². The molecule has 2 saturated carbocycles. The summed E-state index contributed by atoms with van der Waals surface area (Å²) in [6.07, 6.45) is 8.44. The van der Waals surface area contributed by atoms with Crippen molar-refractivity contribution in [2.75, 3.05) is 13.1 Å². The smallest absolute Gasteiger partial charge is 0.225 e. The zero-order chi connectivity index (χ0) is 13.4. The number of carbonyl (C=O) groups excluding carboxylic acids is 1. The lowest BCUT2D eigenvalue weighted by atomic mass is 9.80. The summed E-state index contributed by atoms with van der Waals surface area (Å²) in [6.45, 7) is 4.21. The van der Waals surface area contributed by atoms with Crippen molar-refractivity contribution in [3.8, 4) is 0 Å². The van der Waals surface area contributed by atoms with E-state index in [0.717, 1.165) is 31.8 Å². The number of carbonyl (C=O) groups is 1. The summed E-state index contributed by atoms with van der Waals surface area (Å²) in [7, 11) is 0. The predicted octanol–water partition coefficient (Wildman–Crippen LogP) is 2.40. The lowest BCUT2D eigenvalue weighted by Crippen LogP contribution is -2.38. The highest BCUT2D eigenvalue weighted by atomic mass is 16.2. The van der Waals surface area contributed by atoms with Crippen LogP contribution in [-0.4, -0.2) is 29.9 Å². The van der Waals surface area contributed by atoms with E-state index in [0.29, 0.717) is 29.7 Å². The molecule has 1 heterocycles. The SMILES string of the molecule is CCC1CCC(C(=O)N2CC3CCC(N)C3C2)CC1. The van der Waals surface area contributed by atoms with Crippen LogP contribution in [0.2, 0.25) is 0 Å². The van der Waals surface area contributed by atoms with Crippen LogP contribution in [0.15, 0.2) is 0 Å². The highest BCUT2D eigenvalue weighted by Gasteiger charge is 2.43. The van der Waals surface area contributed by atoms with Crippen molar-refractivity contribution in [2.45, 2.75) is 57.9 Å². The fraction of sp³-hybridized carbons (Fsp3) is 0.938. The van der Waals surface area contributed by atoms with Gasteiger partial charge in [0.1, 0.15) is 0 Å². The van der Waals surface area contributed by atoms with Crippen molar-refractivity contribution >= 4 is 5.91 Å². The number of amides is 1. The maximum absolute atomic E-state index is 12.6. The molecule has 3 atom stereocenters. The Labute approximate surface area is 116 Å². The van der Waals surface area contributed by atoms with Crippen LogP contribution < -0.4 is 5.73 Å². The van der Waals surface area contributed by atoms with E-state index in [2.05, 4.69) is 11.8 Å². The van der Waals surface area contributed by atoms with E-state index >= 15 is 0 Å². The van der Waals surface area contributed by atoms with Gasteiger partial charge in [-0.3, -0.25) is 4.79 Å². The molecule has 2 N–H and O–H groups in total. The molecular formula is C16H28N2O. The maximum atomic E-state index is 12.6. The Bertz CT molecular complexity index is 336. The summed E-state index contributed by atoms with van der Waals surface area (Å²) < 4.78 is 0. The standard InChI is InChI=1S/C16H28N2O/c1-2-11-3-5-12(6-4-11)16(19)18-9-13-7-8-15(17)14(13)10-18/h11-15H,2-10,17H2,1H3. The van der Waals surface area contributed by atoms with Crippen molar-refractivity contribution in [1.29, 1.82) is 0 Å². The average Bonchev–Trinajstić information content (AvgIpc) is 3.01. The second-order valence-corrected chi connectivity index (χ2v) is 7.03. The van der Waals surface area contributed by atoms with Crippen molar-refractivity contribution in [1.82, 2.24) is 4.90 Å². The van der Waals surface area contributed by atoms with Crippen molar-refractivity contribution < 1.29 is 4.79 Å². The first-order valence-electron chi connectivity index (χ1n) is 8.23. The second-order valence-electron chi connectivity index (χ2n) is 7.03.